The van der Waals surface area contributed by atoms with Crippen LogP contribution in [-0.2, 0) is 6.54 Å². The van der Waals surface area contributed by atoms with Crippen molar-refractivity contribution in [1.29, 1.82) is 0 Å². The van der Waals surface area contributed by atoms with E-state index in [9.17, 15) is 0 Å². The molecule has 0 saturated carbocycles. The highest BCUT2D eigenvalue weighted by Crippen LogP contribution is 1.95. The summed E-state index contributed by atoms with van der Waals surface area (Å²) < 4.78 is 1.94. The Hall–Kier alpha value is -0.700. The highest BCUT2D eigenvalue weighted by Gasteiger charge is 1.90. The number of hydrogen-bond donors (Lipinski definition) is 1. The summed E-state index contributed by atoms with van der Waals surface area (Å²) in [5.74, 6) is 0.792. The summed E-state index contributed by atoms with van der Waals surface area (Å²) in [5.41, 5.74) is 1.19. The molecule has 0 saturated heterocycles. The van der Waals surface area contributed by atoms with E-state index in [2.05, 4.69) is 23.8 Å². The van der Waals surface area contributed by atoms with Gasteiger partial charge >= 0.3 is 0 Å². The third-order valence-electron chi connectivity index (χ3n) is 1.48. The maximum Gasteiger partial charge on any atom is 0.0593 e. The van der Waals surface area contributed by atoms with E-state index >= 15 is 0 Å². The molecule has 1 rings (SSSR count). The number of aromatic nitrogens is 2. The summed E-state index contributed by atoms with van der Waals surface area (Å²) in [4.78, 5) is 0. The van der Waals surface area contributed by atoms with E-state index in [1.54, 1.807) is 0 Å². The van der Waals surface area contributed by atoms with E-state index in [-0.39, 0.29) is 0 Å². The van der Waals surface area contributed by atoms with Crippen LogP contribution in [0.5, 0.6) is 0 Å². The number of aryl methyl sites for hydroxylation is 1. The molecule has 0 amide bonds. The van der Waals surface area contributed by atoms with Gasteiger partial charge in [-0.2, -0.15) is 17.7 Å². The standard InChI is InChI=1S/C8H12N2S/c1-8-4-5-9-10(8)6-2-3-7-11/h2-5,11H,6-7H2,1H3/b3-2+. The van der Waals surface area contributed by atoms with E-state index in [4.69, 9.17) is 0 Å². The van der Waals surface area contributed by atoms with Crippen LogP contribution in [0.2, 0.25) is 0 Å². The Morgan fingerprint density at radius 2 is 2.45 bits per heavy atom. The summed E-state index contributed by atoms with van der Waals surface area (Å²) in [7, 11) is 0. The second-order valence-electron chi connectivity index (χ2n) is 2.31. The van der Waals surface area contributed by atoms with Crippen LogP contribution in [-0.4, -0.2) is 15.5 Å². The normalized spacial score (nSPS) is 11.1. The highest BCUT2D eigenvalue weighted by molar-refractivity contribution is 7.80. The Morgan fingerprint density at radius 1 is 1.64 bits per heavy atom. The number of allylic oxidation sites excluding steroid dienone is 1. The van der Waals surface area contributed by atoms with Crippen molar-refractivity contribution < 1.29 is 0 Å². The van der Waals surface area contributed by atoms with Gasteiger partial charge in [0.1, 0.15) is 0 Å². The van der Waals surface area contributed by atoms with Gasteiger partial charge in [0.2, 0.25) is 0 Å². The summed E-state index contributed by atoms with van der Waals surface area (Å²) in [5, 5.41) is 4.13. The van der Waals surface area contributed by atoms with Gasteiger partial charge in [-0.3, -0.25) is 4.68 Å². The first-order valence-electron chi connectivity index (χ1n) is 3.59. The monoisotopic (exact) mass is 168 g/mol. The fourth-order valence-corrected chi connectivity index (χ4v) is 0.988. The number of thiol groups is 1. The fraction of sp³-hybridized carbons (Fsp3) is 0.375. The maximum atomic E-state index is 4.13. The minimum atomic E-state index is 0.792. The third kappa shape index (κ3) is 2.42. The van der Waals surface area contributed by atoms with Crippen molar-refractivity contribution in [2.45, 2.75) is 13.5 Å². The maximum absolute atomic E-state index is 4.13. The Morgan fingerprint density at radius 3 is 3.00 bits per heavy atom. The quantitative estimate of drug-likeness (QED) is 0.537. The van der Waals surface area contributed by atoms with Crippen molar-refractivity contribution in [3.63, 3.8) is 0 Å². The minimum absolute atomic E-state index is 0.792. The molecule has 0 aromatic carbocycles. The molecule has 0 spiro atoms. The van der Waals surface area contributed by atoms with E-state index < -0.39 is 0 Å². The van der Waals surface area contributed by atoms with Gasteiger partial charge in [0.05, 0.1) is 6.54 Å². The lowest BCUT2D eigenvalue weighted by molar-refractivity contribution is 0.678. The van der Waals surface area contributed by atoms with Crippen LogP contribution in [0.25, 0.3) is 0 Å². The van der Waals surface area contributed by atoms with Crippen molar-refractivity contribution in [1.82, 2.24) is 9.78 Å². The molecule has 3 heteroatoms. The topological polar surface area (TPSA) is 17.8 Å². The lowest BCUT2D eigenvalue weighted by atomic mass is 10.4. The van der Waals surface area contributed by atoms with Crippen molar-refractivity contribution in [2.24, 2.45) is 0 Å². The molecule has 1 aromatic rings. The van der Waals surface area contributed by atoms with Gasteiger partial charge in [-0.05, 0) is 13.0 Å². The fourth-order valence-electron chi connectivity index (χ4n) is 0.839. The van der Waals surface area contributed by atoms with Crippen LogP contribution in [0, 0.1) is 6.92 Å². The van der Waals surface area contributed by atoms with Gasteiger partial charge in [-0.15, -0.1) is 0 Å². The van der Waals surface area contributed by atoms with Gasteiger partial charge in [-0.25, -0.2) is 0 Å². The number of nitrogens with zero attached hydrogens (tertiary/aromatic N) is 2. The van der Waals surface area contributed by atoms with Gasteiger partial charge in [-0.1, -0.05) is 12.2 Å². The molecule has 1 heterocycles. The van der Waals surface area contributed by atoms with Gasteiger partial charge in [0.15, 0.2) is 0 Å². The van der Waals surface area contributed by atoms with Crippen LogP contribution in [0.15, 0.2) is 24.4 Å². The van der Waals surface area contributed by atoms with Gasteiger partial charge in [0, 0.05) is 17.6 Å². The molecule has 0 aliphatic rings. The SMILES string of the molecule is Cc1ccnn1C/C=C/CS. The molecule has 0 fully saturated rings. The van der Waals surface area contributed by atoms with E-state index in [1.807, 2.05) is 29.9 Å². The second kappa shape index (κ2) is 4.23. The van der Waals surface area contributed by atoms with Crippen LogP contribution in [0.4, 0.5) is 0 Å². The predicted octanol–water partition coefficient (Wildman–Crippen LogP) is 1.68. The second-order valence-corrected chi connectivity index (χ2v) is 2.67. The number of hydrogen-bond acceptors (Lipinski definition) is 2. The molecule has 0 N–H and O–H groups in total. The van der Waals surface area contributed by atoms with Gasteiger partial charge < -0.3 is 0 Å². The van der Waals surface area contributed by atoms with Gasteiger partial charge in [0.25, 0.3) is 0 Å². The molecule has 0 aliphatic carbocycles. The first-order valence-corrected chi connectivity index (χ1v) is 4.22. The molecule has 0 bridgehead atoms. The number of rotatable bonds is 3. The van der Waals surface area contributed by atoms with Crippen molar-refractivity contribution in [3.05, 3.63) is 30.1 Å². The molecule has 11 heavy (non-hydrogen) atoms. The first-order chi connectivity index (χ1) is 5.34. The Labute approximate surface area is 72.3 Å². The molecule has 2 nitrogen and oxygen atoms in total. The Bertz CT molecular complexity index is 240. The van der Waals surface area contributed by atoms with Crippen molar-refractivity contribution in [2.75, 3.05) is 5.75 Å². The molecule has 0 atom stereocenters. The van der Waals surface area contributed by atoms with E-state index in [1.165, 1.54) is 5.69 Å². The largest absolute Gasteiger partial charge is 0.266 e. The molecule has 0 radical (unpaired) electrons. The zero-order chi connectivity index (χ0) is 8.10. The smallest absolute Gasteiger partial charge is 0.0593 e. The van der Waals surface area contributed by atoms with Crippen LogP contribution >= 0.6 is 12.6 Å². The lowest BCUT2D eigenvalue weighted by Gasteiger charge is -1.97. The van der Waals surface area contributed by atoms with Crippen molar-refractivity contribution >= 4 is 12.6 Å². The molecule has 1 aromatic heterocycles. The zero-order valence-corrected chi connectivity index (χ0v) is 7.46. The van der Waals surface area contributed by atoms with Crippen LogP contribution in [0.1, 0.15) is 5.69 Å². The highest BCUT2D eigenvalue weighted by atomic mass is 32.1. The summed E-state index contributed by atoms with van der Waals surface area (Å²) in [6.45, 7) is 2.89. The summed E-state index contributed by atoms with van der Waals surface area (Å²) in [6.07, 6.45) is 5.89. The summed E-state index contributed by atoms with van der Waals surface area (Å²) >= 11 is 4.06. The molecular weight excluding hydrogens is 156 g/mol. The first kappa shape index (κ1) is 8.40. The molecule has 60 valence electrons. The molecular formula is C8H12N2S. The minimum Gasteiger partial charge on any atom is -0.266 e. The average molecular weight is 168 g/mol. The van der Waals surface area contributed by atoms with Crippen LogP contribution < -0.4 is 0 Å². The average Bonchev–Trinajstić information content (AvgIpc) is 2.37. The summed E-state index contributed by atoms with van der Waals surface area (Å²) in [6, 6.07) is 1.99. The van der Waals surface area contributed by atoms with Crippen molar-refractivity contribution in [3.8, 4) is 0 Å². The predicted molar refractivity (Wildman–Crippen MR) is 50.0 cm³/mol. The molecule has 0 unspecified atom stereocenters. The lowest BCUT2D eigenvalue weighted by Crippen LogP contribution is -1.98. The zero-order valence-electron chi connectivity index (χ0n) is 6.57. The Kier molecular flexibility index (Phi) is 3.23. The third-order valence-corrected chi connectivity index (χ3v) is 1.69. The Balaban J connectivity index is 2.50. The molecule has 0 aliphatic heterocycles. The van der Waals surface area contributed by atoms with E-state index in [0.717, 1.165) is 12.3 Å². The van der Waals surface area contributed by atoms with E-state index in [0.29, 0.717) is 0 Å². The van der Waals surface area contributed by atoms with Crippen LogP contribution in [0.3, 0.4) is 0 Å².